The van der Waals surface area contributed by atoms with Gasteiger partial charge in [0.2, 0.25) is 5.91 Å². The number of benzene rings is 2. The van der Waals surface area contributed by atoms with Crippen molar-refractivity contribution < 1.29 is 9.53 Å². The Morgan fingerprint density at radius 3 is 2.68 bits per heavy atom. The Bertz CT molecular complexity index is 878. The van der Waals surface area contributed by atoms with Gasteiger partial charge in [0.05, 0.1) is 19.6 Å². The van der Waals surface area contributed by atoms with Gasteiger partial charge in [0.25, 0.3) is 0 Å². The Balaban J connectivity index is 1.49. The minimum Gasteiger partial charge on any atom is -0.497 e. The summed E-state index contributed by atoms with van der Waals surface area (Å²) in [6, 6.07) is 16.2. The maximum atomic E-state index is 12.6. The molecular formula is C21H22N2O2. The van der Waals surface area contributed by atoms with E-state index >= 15 is 0 Å². The zero-order valence-electron chi connectivity index (χ0n) is 14.3. The topological polar surface area (TPSA) is 54.1 Å². The van der Waals surface area contributed by atoms with Crippen molar-refractivity contribution in [2.75, 3.05) is 7.11 Å². The van der Waals surface area contributed by atoms with Gasteiger partial charge in [-0.05, 0) is 48.1 Å². The monoisotopic (exact) mass is 334 g/mol. The highest BCUT2D eigenvalue weighted by atomic mass is 16.5. The van der Waals surface area contributed by atoms with E-state index in [0.29, 0.717) is 12.3 Å². The molecule has 0 radical (unpaired) electrons. The summed E-state index contributed by atoms with van der Waals surface area (Å²) in [6.07, 6.45) is 4.67. The number of methoxy groups -OCH3 is 1. The second-order valence-electron chi connectivity index (χ2n) is 6.69. The molecular weight excluding hydrogens is 312 g/mol. The van der Waals surface area contributed by atoms with Gasteiger partial charge < -0.3 is 15.0 Å². The number of aromatic amines is 1. The number of nitrogens with one attached hydrogen (secondary N) is 2. The molecule has 128 valence electrons. The third-order valence-corrected chi connectivity index (χ3v) is 4.91. The van der Waals surface area contributed by atoms with E-state index in [4.69, 9.17) is 4.74 Å². The summed E-state index contributed by atoms with van der Waals surface area (Å²) in [7, 11) is 1.66. The predicted octanol–water partition coefficient (Wildman–Crippen LogP) is 3.99. The summed E-state index contributed by atoms with van der Waals surface area (Å²) < 4.78 is 5.23. The molecule has 3 aromatic rings. The van der Waals surface area contributed by atoms with Crippen LogP contribution in [0.4, 0.5) is 0 Å². The molecule has 0 bridgehead atoms. The molecule has 1 aromatic heterocycles. The largest absolute Gasteiger partial charge is 0.497 e. The minimum atomic E-state index is 0.0671. The standard InChI is InChI=1S/C21H22N2O2/c1-25-17-10-8-15(9-11-17)21(14-6-7-14)23-20(24)12-16-13-22-19-5-3-2-4-18(16)19/h2-5,8-11,13-14,21-22H,6-7,12H2,1H3,(H,23,24). The van der Waals surface area contributed by atoms with Crippen LogP contribution >= 0.6 is 0 Å². The average molecular weight is 334 g/mol. The van der Waals surface area contributed by atoms with Crippen LogP contribution in [0.1, 0.15) is 30.0 Å². The van der Waals surface area contributed by atoms with Crippen molar-refractivity contribution in [2.24, 2.45) is 5.92 Å². The fourth-order valence-corrected chi connectivity index (χ4v) is 3.39. The number of para-hydroxylation sites is 1. The molecule has 1 amide bonds. The van der Waals surface area contributed by atoms with Crippen molar-refractivity contribution in [2.45, 2.75) is 25.3 Å². The molecule has 1 fully saturated rings. The van der Waals surface area contributed by atoms with Crippen LogP contribution in [0.15, 0.2) is 54.7 Å². The fourth-order valence-electron chi connectivity index (χ4n) is 3.39. The first-order chi connectivity index (χ1) is 12.2. The van der Waals surface area contributed by atoms with Gasteiger partial charge in [-0.15, -0.1) is 0 Å². The van der Waals surface area contributed by atoms with Crippen molar-refractivity contribution in [3.05, 3.63) is 65.9 Å². The number of carbonyl (C=O) groups is 1. The Labute approximate surface area is 147 Å². The van der Waals surface area contributed by atoms with Gasteiger partial charge >= 0.3 is 0 Å². The Kier molecular flexibility index (Phi) is 4.18. The zero-order chi connectivity index (χ0) is 17.2. The molecule has 0 saturated heterocycles. The summed E-state index contributed by atoms with van der Waals surface area (Å²) in [5.41, 5.74) is 3.26. The highest BCUT2D eigenvalue weighted by Crippen LogP contribution is 2.41. The van der Waals surface area contributed by atoms with Crippen LogP contribution in [0, 0.1) is 5.92 Å². The van der Waals surface area contributed by atoms with Crippen molar-refractivity contribution in [3.63, 3.8) is 0 Å². The normalized spacial score (nSPS) is 15.1. The van der Waals surface area contributed by atoms with Crippen LogP contribution in [0.25, 0.3) is 10.9 Å². The van der Waals surface area contributed by atoms with Crippen molar-refractivity contribution in [3.8, 4) is 5.75 Å². The van der Waals surface area contributed by atoms with Crippen molar-refractivity contribution >= 4 is 16.8 Å². The van der Waals surface area contributed by atoms with E-state index in [1.165, 1.54) is 12.8 Å². The average Bonchev–Trinajstić information content (AvgIpc) is 3.42. The highest BCUT2D eigenvalue weighted by Gasteiger charge is 2.33. The molecule has 1 aliphatic rings. The summed E-state index contributed by atoms with van der Waals surface area (Å²) in [6.45, 7) is 0. The summed E-state index contributed by atoms with van der Waals surface area (Å²) in [5.74, 6) is 1.45. The molecule has 1 unspecified atom stereocenters. The second kappa shape index (κ2) is 6.63. The lowest BCUT2D eigenvalue weighted by molar-refractivity contribution is -0.121. The molecule has 1 aliphatic carbocycles. The molecule has 2 N–H and O–H groups in total. The lowest BCUT2D eigenvalue weighted by atomic mass is 10.0. The predicted molar refractivity (Wildman–Crippen MR) is 98.6 cm³/mol. The lowest BCUT2D eigenvalue weighted by Gasteiger charge is -2.19. The first-order valence-corrected chi connectivity index (χ1v) is 8.73. The Morgan fingerprint density at radius 2 is 1.96 bits per heavy atom. The molecule has 0 spiro atoms. The van der Waals surface area contributed by atoms with Gasteiger partial charge in [0.1, 0.15) is 5.75 Å². The summed E-state index contributed by atoms with van der Waals surface area (Å²) in [5, 5.41) is 4.36. The maximum absolute atomic E-state index is 12.6. The zero-order valence-corrected chi connectivity index (χ0v) is 14.3. The van der Waals surface area contributed by atoms with Gasteiger partial charge in [-0.25, -0.2) is 0 Å². The van der Waals surface area contributed by atoms with Gasteiger partial charge in [0, 0.05) is 17.1 Å². The van der Waals surface area contributed by atoms with Crippen LogP contribution < -0.4 is 10.1 Å². The van der Waals surface area contributed by atoms with E-state index in [0.717, 1.165) is 27.8 Å². The molecule has 1 saturated carbocycles. The maximum Gasteiger partial charge on any atom is 0.224 e. The third-order valence-electron chi connectivity index (χ3n) is 4.91. The Morgan fingerprint density at radius 1 is 1.20 bits per heavy atom. The van der Waals surface area contributed by atoms with E-state index in [9.17, 15) is 4.79 Å². The molecule has 4 rings (SSSR count). The summed E-state index contributed by atoms with van der Waals surface area (Å²) >= 11 is 0. The third kappa shape index (κ3) is 3.38. The number of aromatic nitrogens is 1. The van der Waals surface area contributed by atoms with Crippen LogP contribution in [0.2, 0.25) is 0 Å². The van der Waals surface area contributed by atoms with E-state index < -0.39 is 0 Å². The molecule has 1 atom stereocenters. The number of rotatable bonds is 6. The number of fused-ring (bicyclic) bond motifs is 1. The highest BCUT2D eigenvalue weighted by molar-refractivity contribution is 5.89. The van der Waals surface area contributed by atoms with Gasteiger partial charge in [0.15, 0.2) is 0 Å². The summed E-state index contributed by atoms with van der Waals surface area (Å²) in [4.78, 5) is 15.9. The molecule has 2 aromatic carbocycles. The van der Waals surface area contributed by atoms with Crippen LogP contribution in [0.3, 0.4) is 0 Å². The lowest BCUT2D eigenvalue weighted by Crippen LogP contribution is -2.31. The number of hydrogen-bond donors (Lipinski definition) is 2. The second-order valence-corrected chi connectivity index (χ2v) is 6.69. The minimum absolute atomic E-state index is 0.0671. The van der Waals surface area contributed by atoms with Crippen LogP contribution in [0.5, 0.6) is 5.75 Å². The number of amides is 1. The molecule has 1 heterocycles. The van der Waals surface area contributed by atoms with E-state index in [1.54, 1.807) is 7.11 Å². The number of hydrogen-bond acceptors (Lipinski definition) is 2. The molecule has 4 nitrogen and oxygen atoms in total. The number of carbonyl (C=O) groups excluding carboxylic acids is 1. The quantitative estimate of drug-likeness (QED) is 0.716. The fraction of sp³-hybridized carbons (Fsp3) is 0.286. The van der Waals surface area contributed by atoms with Crippen LogP contribution in [-0.4, -0.2) is 18.0 Å². The van der Waals surface area contributed by atoms with E-state index in [-0.39, 0.29) is 11.9 Å². The molecule has 0 aliphatic heterocycles. The Hall–Kier alpha value is -2.75. The molecule has 25 heavy (non-hydrogen) atoms. The first kappa shape index (κ1) is 15.8. The van der Waals surface area contributed by atoms with Gasteiger partial charge in [-0.1, -0.05) is 30.3 Å². The number of ether oxygens (including phenoxy) is 1. The van der Waals surface area contributed by atoms with Crippen molar-refractivity contribution in [1.29, 1.82) is 0 Å². The smallest absolute Gasteiger partial charge is 0.224 e. The van der Waals surface area contributed by atoms with E-state index in [2.05, 4.69) is 16.4 Å². The van der Waals surface area contributed by atoms with Crippen LogP contribution in [-0.2, 0) is 11.2 Å². The van der Waals surface area contributed by atoms with E-state index in [1.807, 2.05) is 48.7 Å². The van der Waals surface area contributed by atoms with Gasteiger partial charge in [-0.2, -0.15) is 0 Å². The number of H-pyrrole nitrogens is 1. The van der Waals surface area contributed by atoms with Crippen molar-refractivity contribution in [1.82, 2.24) is 10.3 Å². The SMILES string of the molecule is COc1ccc(C(NC(=O)Cc2c[nH]c3ccccc23)C2CC2)cc1. The molecule has 4 heteroatoms. The first-order valence-electron chi connectivity index (χ1n) is 8.73. The van der Waals surface area contributed by atoms with Gasteiger partial charge in [-0.3, -0.25) is 4.79 Å².